The number of nitrogens with zero attached hydrogens (tertiary/aromatic N) is 3. The average Bonchev–Trinajstić information content (AvgIpc) is 3.21. The van der Waals surface area contributed by atoms with Gasteiger partial charge in [0.1, 0.15) is 18.6 Å². The van der Waals surface area contributed by atoms with Crippen molar-refractivity contribution in [3.8, 4) is 5.75 Å². The van der Waals surface area contributed by atoms with E-state index in [9.17, 15) is 14.7 Å². The zero-order valence-electron chi connectivity index (χ0n) is 13.6. The molecule has 0 spiro atoms. The third kappa shape index (κ3) is 4.19. The number of carboxylic acids is 1. The molecule has 0 saturated heterocycles. The number of carbonyl (C=O) groups excluding carboxylic acids is 1. The van der Waals surface area contributed by atoms with Crippen molar-refractivity contribution < 1.29 is 19.8 Å². The quantitative estimate of drug-likeness (QED) is 0.715. The first-order valence-corrected chi connectivity index (χ1v) is 8.11. The van der Waals surface area contributed by atoms with Crippen LogP contribution in [0, 0.1) is 5.92 Å². The number of aliphatic carboxylic acids is 1. The molecule has 0 aliphatic heterocycles. The number of amides is 1. The maximum atomic E-state index is 12.1. The van der Waals surface area contributed by atoms with Gasteiger partial charge < -0.3 is 15.5 Å². The van der Waals surface area contributed by atoms with Gasteiger partial charge in [0.15, 0.2) is 11.3 Å². The third-order valence-electron chi connectivity index (χ3n) is 4.51. The molecule has 1 fully saturated rings. The summed E-state index contributed by atoms with van der Waals surface area (Å²) in [7, 11) is 0. The van der Waals surface area contributed by atoms with Gasteiger partial charge in [-0.3, -0.25) is 9.59 Å². The number of carbonyl (C=O) groups is 2. The summed E-state index contributed by atoms with van der Waals surface area (Å²) in [6.07, 6.45) is 8.14. The van der Waals surface area contributed by atoms with Gasteiger partial charge in [0, 0.05) is 5.56 Å². The minimum Gasteiger partial charge on any atom is -0.505 e. The van der Waals surface area contributed by atoms with Crippen LogP contribution in [0.1, 0.15) is 48.2 Å². The summed E-state index contributed by atoms with van der Waals surface area (Å²) in [4.78, 5) is 26.9. The number of halogens is 1. The average molecular weight is 369 g/mol. The molecule has 2 aromatic heterocycles. The largest absolute Gasteiger partial charge is 0.505 e. The Kier molecular flexibility index (Phi) is 6.19. The first-order valence-electron chi connectivity index (χ1n) is 8.11. The first-order chi connectivity index (χ1) is 11.6. The number of fused-ring (bicyclic) bond motifs is 1. The van der Waals surface area contributed by atoms with Crippen LogP contribution >= 0.6 is 12.4 Å². The van der Waals surface area contributed by atoms with Crippen LogP contribution in [0.15, 0.2) is 12.4 Å². The van der Waals surface area contributed by atoms with Crippen LogP contribution in [0.25, 0.3) is 5.65 Å². The highest BCUT2D eigenvalue weighted by atomic mass is 35.5. The van der Waals surface area contributed by atoms with Crippen LogP contribution < -0.4 is 5.32 Å². The lowest BCUT2D eigenvalue weighted by molar-refractivity contribution is -0.135. The Morgan fingerprint density at radius 2 is 2.04 bits per heavy atom. The van der Waals surface area contributed by atoms with Crippen molar-refractivity contribution in [2.24, 2.45) is 5.92 Å². The Bertz CT molecular complexity index is 771. The lowest BCUT2D eigenvalue weighted by atomic mass is 9.98. The van der Waals surface area contributed by atoms with Crippen LogP contribution in [0.5, 0.6) is 5.75 Å². The van der Waals surface area contributed by atoms with Gasteiger partial charge in [-0.1, -0.05) is 25.7 Å². The summed E-state index contributed by atoms with van der Waals surface area (Å²) < 4.78 is 1.27. The molecule has 25 heavy (non-hydrogen) atoms. The number of hydrogen-bond donors (Lipinski definition) is 3. The highest BCUT2D eigenvalue weighted by Crippen LogP contribution is 2.30. The second-order valence-electron chi connectivity index (χ2n) is 6.16. The molecule has 0 bridgehead atoms. The van der Waals surface area contributed by atoms with Gasteiger partial charge in [-0.2, -0.15) is 5.10 Å². The molecule has 0 aromatic carbocycles. The molecule has 9 heteroatoms. The normalized spacial score (nSPS) is 14.4. The highest BCUT2D eigenvalue weighted by molar-refractivity contribution is 5.97. The second-order valence-corrected chi connectivity index (χ2v) is 6.16. The number of aromatic hydroxyl groups is 1. The number of hydrogen-bond acceptors (Lipinski definition) is 5. The molecule has 1 aliphatic rings. The fourth-order valence-electron chi connectivity index (χ4n) is 3.33. The van der Waals surface area contributed by atoms with Crippen LogP contribution in [-0.4, -0.2) is 43.2 Å². The van der Waals surface area contributed by atoms with Crippen LogP contribution in [-0.2, 0) is 11.2 Å². The summed E-state index contributed by atoms with van der Waals surface area (Å²) >= 11 is 0. The Morgan fingerprint density at radius 1 is 1.32 bits per heavy atom. The first kappa shape index (κ1) is 19.0. The topological polar surface area (TPSA) is 117 Å². The zero-order chi connectivity index (χ0) is 17.1. The highest BCUT2D eigenvalue weighted by Gasteiger charge is 2.21. The zero-order valence-corrected chi connectivity index (χ0v) is 14.5. The molecule has 3 N–H and O–H groups in total. The van der Waals surface area contributed by atoms with Crippen molar-refractivity contribution in [3.63, 3.8) is 0 Å². The fourth-order valence-corrected chi connectivity index (χ4v) is 3.33. The summed E-state index contributed by atoms with van der Waals surface area (Å²) in [6, 6.07) is 1.54. The van der Waals surface area contributed by atoms with E-state index in [4.69, 9.17) is 5.11 Å². The maximum Gasteiger partial charge on any atom is 0.322 e. The lowest BCUT2D eigenvalue weighted by Gasteiger charge is -2.12. The summed E-state index contributed by atoms with van der Waals surface area (Å²) in [5.41, 5.74) is 1.26. The number of pyridine rings is 1. The van der Waals surface area contributed by atoms with Crippen LogP contribution in [0.3, 0.4) is 0 Å². The molecular weight excluding hydrogens is 348 g/mol. The SMILES string of the molecule is Cl.O=C(O)CNC(=O)c1c(O)cc(CCC2CCCC2)c2ncnn12. The molecule has 2 heterocycles. The molecule has 1 amide bonds. The summed E-state index contributed by atoms with van der Waals surface area (Å²) in [5, 5.41) is 25.1. The van der Waals surface area contributed by atoms with Gasteiger partial charge >= 0.3 is 5.97 Å². The Morgan fingerprint density at radius 3 is 2.72 bits per heavy atom. The number of aryl methyl sites for hydroxylation is 1. The van der Waals surface area contributed by atoms with E-state index in [-0.39, 0.29) is 23.9 Å². The van der Waals surface area contributed by atoms with Gasteiger partial charge in [0.05, 0.1) is 0 Å². The van der Waals surface area contributed by atoms with E-state index in [2.05, 4.69) is 15.4 Å². The van der Waals surface area contributed by atoms with Gasteiger partial charge in [-0.05, 0) is 24.8 Å². The molecule has 3 rings (SSSR count). The number of aromatic nitrogens is 3. The standard InChI is InChI=1S/C16H20N4O4.ClH/c21-12-7-11(6-5-10-3-1-2-4-10)15-18-9-19-20(15)14(12)16(24)17-8-13(22)23;/h7,9-10,21H,1-6,8H2,(H,17,24)(H,22,23);1H. The van der Waals surface area contributed by atoms with Gasteiger partial charge in [0.2, 0.25) is 0 Å². The van der Waals surface area contributed by atoms with E-state index in [1.54, 1.807) is 0 Å². The van der Waals surface area contributed by atoms with E-state index in [1.807, 2.05) is 0 Å². The van der Waals surface area contributed by atoms with E-state index < -0.39 is 18.4 Å². The van der Waals surface area contributed by atoms with Gasteiger partial charge in [-0.15, -0.1) is 12.4 Å². The Labute approximate surface area is 150 Å². The van der Waals surface area contributed by atoms with Crippen molar-refractivity contribution in [3.05, 3.63) is 23.7 Å². The predicted molar refractivity (Wildman–Crippen MR) is 92.1 cm³/mol. The van der Waals surface area contributed by atoms with Crippen molar-refractivity contribution in [2.75, 3.05) is 6.54 Å². The number of carboxylic acid groups (broad SMARTS) is 1. The minimum atomic E-state index is -1.16. The molecule has 2 aromatic rings. The van der Waals surface area contributed by atoms with Gasteiger partial charge in [0.25, 0.3) is 5.91 Å². The van der Waals surface area contributed by atoms with E-state index in [1.165, 1.54) is 42.6 Å². The molecule has 0 atom stereocenters. The van der Waals surface area contributed by atoms with Crippen LogP contribution in [0.4, 0.5) is 0 Å². The van der Waals surface area contributed by atoms with Crippen molar-refractivity contribution in [2.45, 2.75) is 38.5 Å². The molecule has 1 aliphatic carbocycles. The lowest BCUT2D eigenvalue weighted by Crippen LogP contribution is -2.31. The number of nitrogens with one attached hydrogen (secondary N) is 1. The number of rotatable bonds is 6. The predicted octanol–water partition coefficient (Wildman–Crippen LogP) is 1.79. The molecule has 8 nitrogen and oxygen atoms in total. The maximum absolute atomic E-state index is 12.1. The third-order valence-corrected chi connectivity index (χ3v) is 4.51. The molecular formula is C16H21ClN4O4. The summed E-state index contributed by atoms with van der Waals surface area (Å²) in [5.74, 6) is -1.38. The van der Waals surface area contributed by atoms with E-state index in [0.29, 0.717) is 11.6 Å². The van der Waals surface area contributed by atoms with Gasteiger partial charge in [-0.25, -0.2) is 9.50 Å². The molecule has 0 radical (unpaired) electrons. The Hall–Kier alpha value is -2.35. The molecule has 0 unspecified atom stereocenters. The summed E-state index contributed by atoms with van der Waals surface area (Å²) in [6.45, 7) is -0.530. The van der Waals surface area contributed by atoms with E-state index in [0.717, 1.165) is 18.4 Å². The smallest absolute Gasteiger partial charge is 0.322 e. The molecule has 1 saturated carbocycles. The monoisotopic (exact) mass is 368 g/mol. The van der Waals surface area contributed by atoms with Crippen molar-refractivity contribution in [1.82, 2.24) is 19.9 Å². The van der Waals surface area contributed by atoms with Crippen molar-refractivity contribution in [1.29, 1.82) is 0 Å². The fraction of sp³-hybridized carbons (Fsp3) is 0.500. The minimum absolute atomic E-state index is 0. The van der Waals surface area contributed by atoms with Crippen LogP contribution in [0.2, 0.25) is 0 Å². The van der Waals surface area contributed by atoms with Crippen molar-refractivity contribution >= 4 is 29.9 Å². The molecule has 136 valence electrons. The van der Waals surface area contributed by atoms with E-state index >= 15 is 0 Å². The second kappa shape index (κ2) is 8.15. The Balaban J connectivity index is 0.00000225.